The number of hydrogen-bond donors (Lipinski definition) is 0. The van der Waals surface area contributed by atoms with Crippen LogP contribution in [-0.2, 0) is 13.0 Å². The molecule has 8 heteroatoms. The molecule has 0 unspecified atom stereocenters. The molecule has 0 saturated carbocycles. The van der Waals surface area contributed by atoms with Gasteiger partial charge in [0.1, 0.15) is 5.69 Å². The molecule has 8 nitrogen and oxygen atoms in total. The van der Waals surface area contributed by atoms with Crippen LogP contribution in [0.4, 0.5) is 0 Å². The molecule has 0 saturated heterocycles. The van der Waals surface area contributed by atoms with Crippen molar-refractivity contribution >= 4 is 11.0 Å². The molecule has 0 radical (unpaired) electrons. The predicted molar refractivity (Wildman–Crippen MR) is 98.1 cm³/mol. The van der Waals surface area contributed by atoms with Gasteiger partial charge in [0.25, 0.3) is 5.89 Å². The Labute approximate surface area is 154 Å². The highest BCUT2D eigenvalue weighted by Crippen LogP contribution is 2.17. The van der Waals surface area contributed by atoms with Crippen molar-refractivity contribution in [1.82, 2.24) is 34.5 Å². The van der Waals surface area contributed by atoms with Crippen LogP contribution in [0.2, 0.25) is 0 Å². The van der Waals surface area contributed by atoms with Crippen LogP contribution in [-0.4, -0.2) is 34.5 Å². The fraction of sp³-hybridized carbons (Fsp3) is 0.105. The van der Waals surface area contributed by atoms with Crippen LogP contribution in [0, 0.1) is 0 Å². The van der Waals surface area contributed by atoms with E-state index in [2.05, 4.69) is 35.8 Å². The molecular weight excluding hydrogens is 342 g/mol. The Morgan fingerprint density at radius 2 is 1.93 bits per heavy atom. The van der Waals surface area contributed by atoms with Gasteiger partial charge in [-0.25, -0.2) is 14.6 Å². The van der Waals surface area contributed by atoms with Crippen molar-refractivity contribution in [3.63, 3.8) is 0 Å². The first-order valence-corrected chi connectivity index (χ1v) is 8.57. The average molecular weight is 357 g/mol. The summed E-state index contributed by atoms with van der Waals surface area (Å²) in [5.74, 6) is 1.73. The zero-order valence-electron chi connectivity index (χ0n) is 14.3. The highest BCUT2D eigenvalue weighted by atomic mass is 16.5. The van der Waals surface area contributed by atoms with E-state index in [1.54, 1.807) is 10.9 Å². The van der Waals surface area contributed by atoms with Crippen LogP contribution in [0.1, 0.15) is 5.82 Å². The molecule has 0 amide bonds. The number of rotatable bonds is 5. The van der Waals surface area contributed by atoms with E-state index in [1.807, 2.05) is 55.0 Å². The highest BCUT2D eigenvalue weighted by molar-refractivity contribution is 5.74. The number of fused-ring (bicyclic) bond motifs is 1. The van der Waals surface area contributed by atoms with E-state index in [-0.39, 0.29) is 0 Å². The van der Waals surface area contributed by atoms with E-state index in [0.29, 0.717) is 29.6 Å². The van der Waals surface area contributed by atoms with Gasteiger partial charge in [-0.15, -0.1) is 0 Å². The van der Waals surface area contributed by atoms with Crippen molar-refractivity contribution in [2.45, 2.75) is 13.0 Å². The molecule has 0 spiro atoms. The second-order valence-corrected chi connectivity index (χ2v) is 6.02. The van der Waals surface area contributed by atoms with Crippen molar-refractivity contribution in [3.8, 4) is 17.4 Å². The predicted octanol–water partition coefficient (Wildman–Crippen LogP) is 2.91. The molecule has 0 atom stereocenters. The lowest BCUT2D eigenvalue weighted by molar-refractivity contribution is 0.419. The maximum Gasteiger partial charge on any atom is 0.276 e. The molecule has 27 heavy (non-hydrogen) atoms. The first kappa shape index (κ1) is 15.4. The highest BCUT2D eigenvalue weighted by Gasteiger charge is 2.12. The fourth-order valence-corrected chi connectivity index (χ4v) is 2.94. The molecular formula is C19H15N7O. The molecule has 5 aromatic rings. The SMILES string of the molecule is c1cc(-c2nc(CCn3cnc4ccccc43)no2)nc(-n2cccn2)c1. The second-order valence-electron chi connectivity index (χ2n) is 6.02. The first-order chi connectivity index (χ1) is 13.4. The molecule has 0 aliphatic rings. The molecule has 132 valence electrons. The van der Waals surface area contributed by atoms with Gasteiger partial charge in [0, 0.05) is 25.4 Å². The summed E-state index contributed by atoms with van der Waals surface area (Å²) in [6.45, 7) is 0.722. The Kier molecular flexibility index (Phi) is 3.71. The third-order valence-corrected chi connectivity index (χ3v) is 4.26. The van der Waals surface area contributed by atoms with Crippen LogP contribution in [0.3, 0.4) is 0 Å². The fourth-order valence-electron chi connectivity index (χ4n) is 2.94. The van der Waals surface area contributed by atoms with Crippen molar-refractivity contribution in [2.75, 3.05) is 0 Å². The lowest BCUT2D eigenvalue weighted by Crippen LogP contribution is -2.01. The molecule has 4 heterocycles. The third kappa shape index (κ3) is 2.97. The largest absolute Gasteiger partial charge is 0.332 e. The number of para-hydroxylation sites is 2. The lowest BCUT2D eigenvalue weighted by atomic mass is 10.3. The van der Waals surface area contributed by atoms with Crippen molar-refractivity contribution < 1.29 is 4.52 Å². The Morgan fingerprint density at radius 3 is 2.85 bits per heavy atom. The summed E-state index contributed by atoms with van der Waals surface area (Å²) in [7, 11) is 0. The number of aryl methyl sites for hydroxylation is 2. The van der Waals surface area contributed by atoms with Crippen molar-refractivity contribution in [3.05, 3.63) is 73.1 Å². The Morgan fingerprint density at radius 1 is 0.963 bits per heavy atom. The van der Waals surface area contributed by atoms with Crippen LogP contribution in [0.25, 0.3) is 28.4 Å². The van der Waals surface area contributed by atoms with Crippen LogP contribution >= 0.6 is 0 Å². The summed E-state index contributed by atoms with van der Waals surface area (Å²) in [6, 6.07) is 15.5. The number of aromatic nitrogens is 7. The number of pyridine rings is 1. The maximum absolute atomic E-state index is 5.40. The molecule has 1 aromatic carbocycles. The van der Waals surface area contributed by atoms with E-state index >= 15 is 0 Å². The monoisotopic (exact) mass is 357 g/mol. The quantitative estimate of drug-likeness (QED) is 0.481. The lowest BCUT2D eigenvalue weighted by Gasteiger charge is -2.01. The number of benzene rings is 1. The number of nitrogens with zero attached hydrogens (tertiary/aromatic N) is 7. The molecule has 5 rings (SSSR count). The number of hydrogen-bond acceptors (Lipinski definition) is 6. The summed E-state index contributed by atoms with van der Waals surface area (Å²) in [6.07, 6.45) is 6.02. The minimum absolute atomic E-state index is 0.398. The normalized spacial score (nSPS) is 11.3. The Balaban J connectivity index is 1.35. The smallest absolute Gasteiger partial charge is 0.276 e. The van der Waals surface area contributed by atoms with E-state index in [0.717, 1.165) is 17.6 Å². The number of imidazole rings is 1. The second kappa shape index (κ2) is 6.49. The van der Waals surface area contributed by atoms with Gasteiger partial charge in [-0.1, -0.05) is 23.4 Å². The molecule has 0 fully saturated rings. The molecule has 0 bridgehead atoms. The summed E-state index contributed by atoms with van der Waals surface area (Å²) in [4.78, 5) is 13.4. The minimum atomic E-state index is 0.398. The summed E-state index contributed by atoms with van der Waals surface area (Å²) < 4.78 is 9.17. The van der Waals surface area contributed by atoms with Gasteiger partial charge in [-0.3, -0.25) is 0 Å². The van der Waals surface area contributed by atoms with Gasteiger partial charge in [-0.2, -0.15) is 10.1 Å². The zero-order chi connectivity index (χ0) is 18.1. The molecule has 0 aliphatic heterocycles. The van der Waals surface area contributed by atoms with E-state index < -0.39 is 0 Å². The Bertz CT molecular complexity index is 1190. The minimum Gasteiger partial charge on any atom is -0.332 e. The molecule has 4 aromatic heterocycles. The standard InChI is InChI=1S/C19H15N7O/c1-2-7-16-14(5-1)20-13-25(16)12-9-17-23-19(27-24-17)15-6-3-8-18(22-15)26-11-4-10-21-26/h1-8,10-11,13H,9,12H2. The van der Waals surface area contributed by atoms with Gasteiger partial charge in [0.15, 0.2) is 11.6 Å². The summed E-state index contributed by atoms with van der Waals surface area (Å²) >= 11 is 0. The topological polar surface area (TPSA) is 87.5 Å². The summed E-state index contributed by atoms with van der Waals surface area (Å²) in [5, 5.41) is 8.27. The van der Waals surface area contributed by atoms with Crippen molar-refractivity contribution in [2.24, 2.45) is 0 Å². The first-order valence-electron chi connectivity index (χ1n) is 8.57. The molecule has 0 aliphatic carbocycles. The third-order valence-electron chi connectivity index (χ3n) is 4.26. The van der Waals surface area contributed by atoms with Crippen LogP contribution < -0.4 is 0 Å². The van der Waals surface area contributed by atoms with Gasteiger partial charge >= 0.3 is 0 Å². The average Bonchev–Trinajstić information content (AvgIpc) is 3.47. The van der Waals surface area contributed by atoms with Crippen LogP contribution in [0.15, 0.2) is 71.8 Å². The van der Waals surface area contributed by atoms with E-state index in [9.17, 15) is 0 Å². The van der Waals surface area contributed by atoms with Gasteiger partial charge in [0.05, 0.1) is 17.4 Å². The van der Waals surface area contributed by atoms with Crippen LogP contribution in [0.5, 0.6) is 0 Å². The van der Waals surface area contributed by atoms with Gasteiger partial charge in [0.2, 0.25) is 0 Å². The van der Waals surface area contributed by atoms with Gasteiger partial charge in [-0.05, 0) is 30.3 Å². The Hall–Kier alpha value is -3.81. The maximum atomic E-state index is 5.40. The molecule has 0 N–H and O–H groups in total. The van der Waals surface area contributed by atoms with Gasteiger partial charge < -0.3 is 9.09 Å². The zero-order valence-corrected chi connectivity index (χ0v) is 14.3. The van der Waals surface area contributed by atoms with E-state index in [4.69, 9.17) is 4.52 Å². The van der Waals surface area contributed by atoms with E-state index in [1.165, 1.54) is 0 Å². The van der Waals surface area contributed by atoms with Crippen molar-refractivity contribution in [1.29, 1.82) is 0 Å². The summed E-state index contributed by atoms with van der Waals surface area (Å²) in [5.41, 5.74) is 2.69.